The van der Waals surface area contributed by atoms with Gasteiger partial charge in [0.15, 0.2) is 5.58 Å². The van der Waals surface area contributed by atoms with Crippen molar-refractivity contribution < 1.29 is 13.2 Å². The predicted octanol–water partition coefficient (Wildman–Crippen LogP) is 3.70. The van der Waals surface area contributed by atoms with Gasteiger partial charge < -0.3 is 14.6 Å². The molecule has 5 rings (SSSR count). The maximum Gasteiger partial charge on any atom is 0.298 e. The number of benzene rings is 1. The summed E-state index contributed by atoms with van der Waals surface area (Å²) in [6.07, 6.45) is 1.29. The van der Waals surface area contributed by atoms with Crippen LogP contribution in [-0.4, -0.2) is 41.6 Å². The van der Waals surface area contributed by atoms with E-state index in [4.69, 9.17) is 4.42 Å². The van der Waals surface area contributed by atoms with Crippen LogP contribution in [0.2, 0.25) is 0 Å². The number of hydrogen-bond acceptors (Lipinski definition) is 6. The highest BCUT2D eigenvalue weighted by atomic mass is 32.1. The molecule has 2 aliphatic heterocycles. The number of piperazine rings is 1. The number of rotatable bonds is 4. The van der Waals surface area contributed by atoms with E-state index in [0.717, 1.165) is 36.5 Å². The van der Waals surface area contributed by atoms with E-state index in [1.165, 1.54) is 11.3 Å². The van der Waals surface area contributed by atoms with Crippen LogP contribution >= 0.6 is 11.3 Å². The minimum absolute atomic E-state index is 0.326. The maximum absolute atomic E-state index is 13.0. The first-order valence-electron chi connectivity index (χ1n) is 8.79. The summed E-state index contributed by atoms with van der Waals surface area (Å²) in [5.74, 6) is 0. The molecule has 2 fully saturated rings. The topological polar surface area (TPSA) is 54.2 Å². The Morgan fingerprint density at radius 1 is 1.27 bits per heavy atom. The van der Waals surface area contributed by atoms with Gasteiger partial charge in [-0.2, -0.15) is 4.98 Å². The van der Waals surface area contributed by atoms with Crippen molar-refractivity contribution in [3.63, 3.8) is 0 Å². The second-order valence-corrected chi connectivity index (χ2v) is 7.82. The zero-order valence-corrected chi connectivity index (χ0v) is 14.8. The van der Waals surface area contributed by atoms with Crippen molar-refractivity contribution in [3.05, 3.63) is 29.3 Å². The Kier molecular flexibility index (Phi) is 3.90. The highest BCUT2D eigenvalue weighted by Gasteiger charge is 2.34. The zero-order chi connectivity index (χ0) is 17.7. The fourth-order valence-electron chi connectivity index (χ4n) is 3.99. The van der Waals surface area contributed by atoms with Gasteiger partial charge in [0.1, 0.15) is 10.5 Å². The standard InChI is InChI=1S/C18H18F2N4OS/c19-14(20)7-10-1-4-13(17-21-5-6-26-17)16-15(10)23-18(25-16)24-8-11-2-3-12(9-24)22-11/h1,4-6,11-12,14,22H,2-3,7-9H2. The summed E-state index contributed by atoms with van der Waals surface area (Å²) >= 11 is 1.50. The molecule has 8 heteroatoms. The molecule has 5 nitrogen and oxygen atoms in total. The summed E-state index contributed by atoms with van der Waals surface area (Å²) in [6.45, 7) is 1.67. The molecule has 3 aromatic rings. The molecule has 2 aromatic heterocycles. The van der Waals surface area contributed by atoms with E-state index in [1.807, 2.05) is 11.4 Å². The molecule has 26 heavy (non-hydrogen) atoms. The Hall–Kier alpha value is -2.06. The lowest BCUT2D eigenvalue weighted by molar-refractivity contribution is 0.149. The lowest BCUT2D eigenvalue weighted by Crippen LogP contribution is -2.51. The van der Waals surface area contributed by atoms with Gasteiger partial charge in [-0.15, -0.1) is 11.3 Å². The van der Waals surface area contributed by atoms with Crippen molar-refractivity contribution in [3.8, 4) is 10.6 Å². The Bertz CT molecular complexity index is 915. The molecule has 0 aliphatic carbocycles. The first-order valence-corrected chi connectivity index (χ1v) is 9.67. The van der Waals surface area contributed by atoms with Crippen LogP contribution in [0.15, 0.2) is 28.1 Å². The van der Waals surface area contributed by atoms with E-state index in [9.17, 15) is 8.78 Å². The molecule has 2 atom stereocenters. The third kappa shape index (κ3) is 2.77. The number of fused-ring (bicyclic) bond motifs is 3. The number of halogens is 2. The van der Waals surface area contributed by atoms with Crippen LogP contribution in [0.4, 0.5) is 14.8 Å². The monoisotopic (exact) mass is 376 g/mol. The third-order valence-corrected chi connectivity index (χ3v) is 5.95. The van der Waals surface area contributed by atoms with Crippen LogP contribution < -0.4 is 10.2 Å². The molecular formula is C18H18F2N4OS. The normalized spacial score (nSPS) is 22.7. The smallest absolute Gasteiger partial charge is 0.298 e. The summed E-state index contributed by atoms with van der Waals surface area (Å²) in [6, 6.07) is 4.96. The minimum Gasteiger partial charge on any atom is -0.423 e. The Morgan fingerprint density at radius 3 is 2.77 bits per heavy atom. The number of nitrogens with zero attached hydrogens (tertiary/aromatic N) is 3. The largest absolute Gasteiger partial charge is 0.423 e. The first-order chi connectivity index (χ1) is 12.7. The zero-order valence-electron chi connectivity index (χ0n) is 14.0. The lowest BCUT2D eigenvalue weighted by atomic mass is 10.1. The van der Waals surface area contributed by atoms with Gasteiger partial charge >= 0.3 is 0 Å². The van der Waals surface area contributed by atoms with Crippen LogP contribution in [0.5, 0.6) is 0 Å². The summed E-state index contributed by atoms with van der Waals surface area (Å²) in [7, 11) is 0. The molecule has 136 valence electrons. The second-order valence-electron chi connectivity index (χ2n) is 6.92. The average Bonchev–Trinajstić information content (AvgIpc) is 3.35. The summed E-state index contributed by atoms with van der Waals surface area (Å²) in [5, 5.41) is 6.27. The Balaban J connectivity index is 1.61. The van der Waals surface area contributed by atoms with Crippen molar-refractivity contribution >= 4 is 28.5 Å². The quantitative estimate of drug-likeness (QED) is 0.753. The summed E-state index contributed by atoms with van der Waals surface area (Å²) in [5.41, 5.74) is 2.41. The molecule has 0 saturated carbocycles. The predicted molar refractivity (Wildman–Crippen MR) is 97.0 cm³/mol. The minimum atomic E-state index is -2.42. The number of oxazole rings is 1. The van der Waals surface area contributed by atoms with Gasteiger partial charge in [0.2, 0.25) is 6.43 Å². The fourth-order valence-corrected chi connectivity index (χ4v) is 4.65. The van der Waals surface area contributed by atoms with Crippen LogP contribution in [0, 0.1) is 0 Å². The first kappa shape index (κ1) is 16.1. The van der Waals surface area contributed by atoms with Crippen LogP contribution in [-0.2, 0) is 6.42 Å². The maximum atomic E-state index is 13.0. The highest BCUT2D eigenvalue weighted by molar-refractivity contribution is 7.13. The molecule has 1 N–H and O–H groups in total. The number of thiazole rings is 1. The number of aromatic nitrogens is 2. The van der Waals surface area contributed by atoms with Gasteiger partial charge in [-0.1, -0.05) is 6.07 Å². The molecule has 2 aliphatic rings. The number of hydrogen-bond donors (Lipinski definition) is 1. The van der Waals surface area contributed by atoms with Gasteiger partial charge in [0, 0.05) is 43.2 Å². The van der Waals surface area contributed by atoms with Crippen molar-refractivity contribution in [2.75, 3.05) is 18.0 Å². The fraction of sp³-hybridized carbons (Fsp3) is 0.444. The second kappa shape index (κ2) is 6.28. The molecular weight excluding hydrogens is 358 g/mol. The van der Waals surface area contributed by atoms with E-state index in [1.54, 1.807) is 12.3 Å². The van der Waals surface area contributed by atoms with Crippen LogP contribution in [0.25, 0.3) is 21.7 Å². The Labute approximate surface area is 153 Å². The van der Waals surface area contributed by atoms with Crippen molar-refractivity contribution in [1.82, 2.24) is 15.3 Å². The summed E-state index contributed by atoms with van der Waals surface area (Å²) < 4.78 is 32.1. The molecule has 4 heterocycles. The van der Waals surface area contributed by atoms with Gasteiger partial charge in [-0.3, -0.25) is 0 Å². The van der Waals surface area contributed by atoms with E-state index in [0.29, 0.717) is 34.8 Å². The van der Waals surface area contributed by atoms with E-state index >= 15 is 0 Å². The van der Waals surface area contributed by atoms with Crippen LogP contribution in [0.1, 0.15) is 18.4 Å². The average molecular weight is 376 g/mol. The highest BCUT2D eigenvalue weighted by Crippen LogP contribution is 2.36. The summed E-state index contributed by atoms with van der Waals surface area (Å²) in [4.78, 5) is 11.1. The third-order valence-electron chi connectivity index (χ3n) is 5.14. The van der Waals surface area contributed by atoms with E-state index in [2.05, 4.69) is 20.2 Å². The van der Waals surface area contributed by atoms with Crippen LogP contribution in [0.3, 0.4) is 0 Å². The van der Waals surface area contributed by atoms with Crippen molar-refractivity contribution in [2.24, 2.45) is 0 Å². The van der Waals surface area contributed by atoms with Gasteiger partial charge in [-0.05, 0) is 24.5 Å². The molecule has 0 amide bonds. The molecule has 2 saturated heterocycles. The van der Waals surface area contributed by atoms with Gasteiger partial charge in [0.05, 0.1) is 5.56 Å². The number of nitrogens with one attached hydrogen (secondary N) is 1. The number of alkyl halides is 2. The molecule has 2 bridgehead atoms. The van der Waals surface area contributed by atoms with E-state index in [-0.39, 0.29) is 6.42 Å². The molecule has 0 radical (unpaired) electrons. The molecule has 1 aromatic carbocycles. The van der Waals surface area contributed by atoms with Crippen molar-refractivity contribution in [1.29, 1.82) is 0 Å². The number of anilines is 1. The molecule has 2 unspecified atom stereocenters. The van der Waals surface area contributed by atoms with E-state index < -0.39 is 6.43 Å². The van der Waals surface area contributed by atoms with Gasteiger partial charge in [-0.25, -0.2) is 13.8 Å². The SMILES string of the molecule is FC(F)Cc1ccc(-c2nccs2)c2oc(N3CC4CCC(C3)N4)nc12. The lowest BCUT2D eigenvalue weighted by Gasteiger charge is -2.31. The molecule has 0 spiro atoms. The Morgan fingerprint density at radius 2 is 2.08 bits per heavy atom. The van der Waals surface area contributed by atoms with Crippen molar-refractivity contribution in [2.45, 2.75) is 37.8 Å². The van der Waals surface area contributed by atoms with Gasteiger partial charge in [0.25, 0.3) is 6.01 Å².